The topological polar surface area (TPSA) is 92.0 Å². The molecule has 3 aromatic rings. The molecule has 2 aliphatic heterocycles. The quantitative estimate of drug-likeness (QED) is 0.569. The SMILES string of the molecule is COc1cccc(C2(O)CC3COCC(C2)N3C(=O)OCC2c3ccccc3-c3ccccc32)c1C#N. The summed E-state index contributed by atoms with van der Waals surface area (Å²) in [5.41, 5.74) is 4.25. The van der Waals surface area contributed by atoms with Gasteiger partial charge in [-0.2, -0.15) is 5.26 Å². The van der Waals surface area contributed by atoms with Crippen molar-refractivity contribution in [3.8, 4) is 22.9 Å². The molecular weight excluding hydrogens is 468 g/mol. The van der Waals surface area contributed by atoms with Gasteiger partial charge < -0.3 is 19.3 Å². The van der Waals surface area contributed by atoms with Crippen molar-refractivity contribution >= 4 is 6.09 Å². The number of aliphatic hydroxyl groups is 1. The van der Waals surface area contributed by atoms with Gasteiger partial charge in [-0.1, -0.05) is 60.7 Å². The molecule has 7 nitrogen and oxygen atoms in total. The smallest absolute Gasteiger partial charge is 0.410 e. The number of carbonyl (C=O) groups is 1. The maximum absolute atomic E-state index is 13.5. The minimum atomic E-state index is -1.28. The van der Waals surface area contributed by atoms with Gasteiger partial charge in [-0.15, -0.1) is 0 Å². The number of methoxy groups -OCH3 is 1. The number of hydrogen-bond acceptors (Lipinski definition) is 6. The Kier molecular flexibility index (Phi) is 5.86. The summed E-state index contributed by atoms with van der Waals surface area (Å²) >= 11 is 0. The van der Waals surface area contributed by atoms with Gasteiger partial charge in [0.1, 0.15) is 24.0 Å². The fraction of sp³-hybridized carbons (Fsp3) is 0.333. The second kappa shape index (κ2) is 9.22. The zero-order valence-corrected chi connectivity index (χ0v) is 20.6. The van der Waals surface area contributed by atoms with Crippen LogP contribution < -0.4 is 4.74 Å². The minimum Gasteiger partial charge on any atom is -0.495 e. The Morgan fingerprint density at radius 3 is 2.24 bits per heavy atom. The summed E-state index contributed by atoms with van der Waals surface area (Å²) < 4.78 is 17.1. The lowest BCUT2D eigenvalue weighted by atomic mass is 9.75. The first-order valence-corrected chi connectivity index (χ1v) is 12.5. The van der Waals surface area contributed by atoms with Crippen molar-refractivity contribution in [1.82, 2.24) is 4.90 Å². The molecule has 37 heavy (non-hydrogen) atoms. The minimum absolute atomic E-state index is 0.0239. The van der Waals surface area contributed by atoms with Crippen LogP contribution in [0.15, 0.2) is 66.7 Å². The van der Waals surface area contributed by atoms with Gasteiger partial charge in [0.2, 0.25) is 0 Å². The molecule has 188 valence electrons. The van der Waals surface area contributed by atoms with E-state index in [2.05, 4.69) is 30.3 Å². The molecule has 2 unspecified atom stereocenters. The fourth-order valence-electron chi connectivity index (χ4n) is 6.37. The molecule has 1 aliphatic carbocycles. The third-order valence-corrected chi connectivity index (χ3v) is 7.96. The van der Waals surface area contributed by atoms with Crippen molar-refractivity contribution in [3.63, 3.8) is 0 Å². The first-order valence-electron chi connectivity index (χ1n) is 12.5. The number of nitrogens with zero attached hydrogens (tertiary/aromatic N) is 2. The number of rotatable bonds is 4. The number of benzene rings is 3. The van der Waals surface area contributed by atoms with Crippen LogP contribution in [0, 0.1) is 11.3 Å². The number of amides is 1. The third-order valence-electron chi connectivity index (χ3n) is 7.96. The summed E-state index contributed by atoms with van der Waals surface area (Å²) in [5.74, 6) is 0.401. The van der Waals surface area contributed by atoms with Gasteiger partial charge >= 0.3 is 6.09 Å². The molecule has 1 amide bonds. The predicted octanol–water partition coefficient (Wildman–Crippen LogP) is 4.57. The fourth-order valence-corrected chi connectivity index (χ4v) is 6.37. The first kappa shape index (κ1) is 23.5. The second-order valence-corrected chi connectivity index (χ2v) is 9.99. The number of ether oxygens (including phenoxy) is 3. The summed E-state index contributed by atoms with van der Waals surface area (Å²) in [6.07, 6.45) is 0.0961. The molecule has 1 N–H and O–H groups in total. The van der Waals surface area contributed by atoms with Gasteiger partial charge in [0.25, 0.3) is 0 Å². The highest BCUT2D eigenvalue weighted by molar-refractivity contribution is 5.79. The summed E-state index contributed by atoms with van der Waals surface area (Å²) in [6, 6.07) is 23.2. The van der Waals surface area contributed by atoms with E-state index in [1.807, 2.05) is 24.3 Å². The molecule has 2 fully saturated rings. The second-order valence-electron chi connectivity index (χ2n) is 9.99. The molecule has 0 spiro atoms. The Hall–Kier alpha value is -3.86. The zero-order chi connectivity index (χ0) is 25.6. The van der Waals surface area contributed by atoms with Crippen LogP contribution in [-0.2, 0) is 15.1 Å². The molecule has 6 rings (SSSR count). The molecule has 0 radical (unpaired) electrons. The van der Waals surface area contributed by atoms with Crippen LogP contribution in [-0.4, -0.2) is 55.1 Å². The predicted molar refractivity (Wildman–Crippen MR) is 136 cm³/mol. The van der Waals surface area contributed by atoms with E-state index in [1.54, 1.807) is 23.1 Å². The number of nitriles is 1. The van der Waals surface area contributed by atoms with Crippen molar-refractivity contribution in [2.24, 2.45) is 0 Å². The van der Waals surface area contributed by atoms with Crippen molar-refractivity contribution in [1.29, 1.82) is 5.26 Å². The largest absolute Gasteiger partial charge is 0.495 e. The van der Waals surface area contributed by atoms with Crippen LogP contribution >= 0.6 is 0 Å². The van der Waals surface area contributed by atoms with Crippen LogP contribution in [0.4, 0.5) is 4.79 Å². The van der Waals surface area contributed by atoms with E-state index in [0.29, 0.717) is 30.1 Å². The van der Waals surface area contributed by atoms with E-state index in [-0.39, 0.29) is 37.5 Å². The molecule has 2 saturated heterocycles. The number of morpholine rings is 1. The van der Waals surface area contributed by atoms with E-state index in [0.717, 1.165) is 11.1 Å². The number of carbonyl (C=O) groups excluding carboxylic acids is 1. The molecule has 2 heterocycles. The van der Waals surface area contributed by atoms with Gasteiger partial charge in [0.05, 0.1) is 38.0 Å². The van der Waals surface area contributed by atoms with Crippen LogP contribution in [0.5, 0.6) is 5.75 Å². The Bertz CT molecular complexity index is 1340. The van der Waals surface area contributed by atoms with Crippen molar-refractivity contribution in [3.05, 3.63) is 89.0 Å². The molecule has 0 aromatic heterocycles. The van der Waals surface area contributed by atoms with E-state index in [9.17, 15) is 15.2 Å². The van der Waals surface area contributed by atoms with E-state index in [4.69, 9.17) is 14.2 Å². The molecule has 7 heteroatoms. The lowest BCUT2D eigenvalue weighted by Crippen LogP contribution is -2.62. The van der Waals surface area contributed by atoms with Crippen LogP contribution in [0.2, 0.25) is 0 Å². The van der Waals surface area contributed by atoms with Gasteiger partial charge in [-0.25, -0.2) is 4.79 Å². The summed E-state index contributed by atoms with van der Waals surface area (Å²) in [6.45, 7) is 0.839. The standard InChI is InChI=1S/C30H28N2O5/c1-35-28-12-6-11-27(25(28)15-31)30(34)13-19-16-36-17-20(14-30)32(19)29(33)37-18-26-23-9-4-2-7-21(23)22-8-3-5-10-24(22)26/h2-12,19-20,26,34H,13-14,16-18H2,1H3. The molecule has 2 bridgehead atoms. The van der Waals surface area contributed by atoms with Crippen LogP contribution in [0.3, 0.4) is 0 Å². The molecular formula is C30H28N2O5. The third kappa shape index (κ3) is 3.85. The van der Waals surface area contributed by atoms with E-state index in [1.165, 1.54) is 18.2 Å². The Balaban J connectivity index is 1.23. The maximum atomic E-state index is 13.5. The number of fused-ring (bicyclic) bond motifs is 5. The van der Waals surface area contributed by atoms with Gasteiger partial charge in [-0.3, -0.25) is 4.90 Å². The highest BCUT2D eigenvalue weighted by atomic mass is 16.6. The molecule has 2 atom stereocenters. The lowest BCUT2D eigenvalue weighted by Gasteiger charge is -2.51. The molecule has 3 aromatic carbocycles. The summed E-state index contributed by atoms with van der Waals surface area (Å²) in [5, 5.41) is 21.5. The monoisotopic (exact) mass is 496 g/mol. The summed E-state index contributed by atoms with van der Waals surface area (Å²) in [4.78, 5) is 15.2. The average Bonchev–Trinajstić information content (AvgIpc) is 3.24. The van der Waals surface area contributed by atoms with Gasteiger partial charge in [-0.05, 0) is 28.3 Å². The highest BCUT2D eigenvalue weighted by Crippen LogP contribution is 2.46. The van der Waals surface area contributed by atoms with Crippen molar-refractivity contribution in [2.75, 3.05) is 26.9 Å². The number of hydrogen-bond donors (Lipinski definition) is 1. The van der Waals surface area contributed by atoms with Gasteiger partial charge in [0, 0.05) is 24.3 Å². The highest BCUT2D eigenvalue weighted by Gasteiger charge is 2.50. The molecule has 0 saturated carbocycles. The number of piperidine rings is 1. The van der Waals surface area contributed by atoms with Crippen LogP contribution in [0.25, 0.3) is 11.1 Å². The van der Waals surface area contributed by atoms with Crippen molar-refractivity contribution in [2.45, 2.75) is 36.4 Å². The Labute approximate surface area is 215 Å². The van der Waals surface area contributed by atoms with E-state index < -0.39 is 11.7 Å². The first-order chi connectivity index (χ1) is 18.0. The molecule has 3 aliphatic rings. The Morgan fingerprint density at radius 2 is 1.65 bits per heavy atom. The average molecular weight is 497 g/mol. The lowest BCUT2D eigenvalue weighted by molar-refractivity contribution is -0.136. The zero-order valence-electron chi connectivity index (χ0n) is 20.6. The van der Waals surface area contributed by atoms with Crippen LogP contribution in [0.1, 0.15) is 41.0 Å². The van der Waals surface area contributed by atoms with E-state index >= 15 is 0 Å². The van der Waals surface area contributed by atoms with Crippen molar-refractivity contribution < 1.29 is 24.1 Å². The van der Waals surface area contributed by atoms with Gasteiger partial charge in [0.15, 0.2) is 0 Å². The normalized spacial score (nSPS) is 24.1. The maximum Gasteiger partial charge on any atom is 0.410 e. The summed E-state index contributed by atoms with van der Waals surface area (Å²) in [7, 11) is 1.51. The Morgan fingerprint density at radius 1 is 1.03 bits per heavy atom.